The van der Waals surface area contributed by atoms with Crippen LogP contribution >= 0.6 is 0 Å². The lowest BCUT2D eigenvalue weighted by atomic mass is 9.91. The molecule has 1 rings (SSSR count). The summed E-state index contributed by atoms with van der Waals surface area (Å²) < 4.78 is 5.13. The fraction of sp³-hybridized carbons (Fsp3) is 0.818. The summed E-state index contributed by atoms with van der Waals surface area (Å²) in [7, 11) is 0. The van der Waals surface area contributed by atoms with Gasteiger partial charge in [-0.05, 0) is 25.7 Å². The summed E-state index contributed by atoms with van der Waals surface area (Å²) in [5.74, 6) is 1.83. The van der Waals surface area contributed by atoms with Crippen molar-refractivity contribution in [3.63, 3.8) is 0 Å². The second-order valence-corrected chi connectivity index (χ2v) is 4.78. The van der Waals surface area contributed by atoms with Crippen LogP contribution in [0.4, 0.5) is 0 Å². The average Bonchev–Trinajstić information content (AvgIpc) is 2.51. The minimum absolute atomic E-state index is 0.482. The second kappa shape index (κ2) is 4.75. The van der Waals surface area contributed by atoms with Crippen LogP contribution in [0, 0.1) is 5.92 Å². The number of hydrogen-bond acceptors (Lipinski definition) is 4. The number of hydrogen-bond donors (Lipinski definition) is 1. The van der Waals surface area contributed by atoms with Gasteiger partial charge in [0.25, 0.3) is 0 Å². The number of nitrogens with two attached hydrogens (primary N) is 1. The van der Waals surface area contributed by atoms with E-state index >= 15 is 0 Å². The highest BCUT2D eigenvalue weighted by Gasteiger charge is 2.28. The molecule has 15 heavy (non-hydrogen) atoms. The van der Waals surface area contributed by atoms with Gasteiger partial charge in [-0.2, -0.15) is 4.98 Å². The third-order valence-corrected chi connectivity index (χ3v) is 2.28. The molecule has 0 aromatic carbocycles. The van der Waals surface area contributed by atoms with Crippen LogP contribution in [0.3, 0.4) is 0 Å². The van der Waals surface area contributed by atoms with Gasteiger partial charge in [-0.25, -0.2) is 0 Å². The van der Waals surface area contributed by atoms with Gasteiger partial charge >= 0.3 is 0 Å². The summed E-state index contributed by atoms with van der Waals surface area (Å²) in [6.45, 7) is 8.31. The zero-order valence-electron chi connectivity index (χ0n) is 10.1. The molecule has 86 valence electrons. The monoisotopic (exact) mass is 211 g/mol. The van der Waals surface area contributed by atoms with Crippen LogP contribution < -0.4 is 5.73 Å². The van der Waals surface area contributed by atoms with Gasteiger partial charge in [-0.3, -0.25) is 0 Å². The van der Waals surface area contributed by atoms with Gasteiger partial charge in [0.05, 0.1) is 5.54 Å². The molecular formula is C11H21N3O. The number of aromatic nitrogens is 2. The van der Waals surface area contributed by atoms with E-state index < -0.39 is 5.54 Å². The van der Waals surface area contributed by atoms with Crippen molar-refractivity contribution >= 4 is 0 Å². The van der Waals surface area contributed by atoms with Gasteiger partial charge in [0.1, 0.15) is 0 Å². The second-order valence-electron chi connectivity index (χ2n) is 4.78. The minimum atomic E-state index is -0.482. The Labute approximate surface area is 91.2 Å². The molecule has 0 spiro atoms. The first kappa shape index (κ1) is 12.2. The molecule has 1 unspecified atom stereocenters. The van der Waals surface area contributed by atoms with Crippen molar-refractivity contribution in [2.24, 2.45) is 11.7 Å². The molecule has 2 N–H and O–H groups in total. The Morgan fingerprint density at radius 3 is 2.67 bits per heavy atom. The summed E-state index contributed by atoms with van der Waals surface area (Å²) in [5, 5.41) is 3.95. The number of rotatable bonds is 5. The van der Waals surface area contributed by atoms with Gasteiger partial charge in [0.2, 0.25) is 5.89 Å². The summed E-state index contributed by atoms with van der Waals surface area (Å²) in [6, 6.07) is 0. The van der Waals surface area contributed by atoms with Crippen molar-refractivity contribution in [1.29, 1.82) is 0 Å². The lowest BCUT2D eigenvalue weighted by molar-refractivity contribution is 0.327. The summed E-state index contributed by atoms with van der Waals surface area (Å²) in [6.07, 6.45) is 2.69. The quantitative estimate of drug-likeness (QED) is 0.811. The van der Waals surface area contributed by atoms with Gasteiger partial charge in [-0.1, -0.05) is 25.9 Å². The van der Waals surface area contributed by atoms with E-state index in [1.165, 1.54) is 0 Å². The van der Waals surface area contributed by atoms with Crippen LogP contribution in [-0.2, 0) is 12.0 Å². The molecule has 4 nitrogen and oxygen atoms in total. The van der Waals surface area contributed by atoms with Crippen molar-refractivity contribution < 1.29 is 4.52 Å². The maximum Gasteiger partial charge on any atom is 0.226 e. The zero-order chi connectivity index (χ0) is 11.5. The highest BCUT2D eigenvalue weighted by Crippen LogP contribution is 2.23. The number of nitrogens with zero attached hydrogens (tertiary/aromatic N) is 2. The Bertz CT molecular complexity index is 305. The zero-order valence-corrected chi connectivity index (χ0v) is 10.1. The topological polar surface area (TPSA) is 64.9 Å². The van der Waals surface area contributed by atoms with Crippen molar-refractivity contribution in [3.05, 3.63) is 11.7 Å². The van der Waals surface area contributed by atoms with E-state index in [4.69, 9.17) is 10.3 Å². The summed E-state index contributed by atoms with van der Waals surface area (Å²) in [4.78, 5) is 4.32. The Hall–Kier alpha value is -0.900. The molecule has 1 aromatic rings. The van der Waals surface area contributed by atoms with Crippen LogP contribution in [0.1, 0.15) is 52.3 Å². The Kier molecular flexibility index (Phi) is 3.85. The molecule has 1 heterocycles. The molecule has 0 radical (unpaired) electrons. The molecule has 0 aliphatic heterocycles. The Morgan fingerprint density at radius 1 is 1.47 bits per heavy atom. The van der Waals surface area contributed by atoms with Crippen LogP contribution in [0.15, 0.2) is 4.52 Å². The molecule has 4 heteroatoms. The van der Waals surface area contributed by atoms with Crippen LogP contribution in [-0.4, -0.2) is 10.1 Å². The minimum Gasteiger partial charge on any atom is -0.339 e. The van der Waals surface area contributed by atoms with E-state index in [0.717, 1.165) is 19.3 Å². The van der Waals surface area contributed by atoms with E-state index in [9.17, 15) is 0 Å². The van der Waals surface area contributed by atoms with Crippen molar-refractivity contribution in [1.82, 2.24) is 10.1 Å². The van der Waals surface area contributed by atoms with Crippen LogP contribution in [0.2, 0.25) is 0 Å². The molecular weight excluding hydrogens is 190 g/mol. The Morgan fingerprint density at radius 2 is 2.13 bits per heavy atom. The number of aryl methyl sites for hydroxylation is 1. The van der Waals surface area contributed by atoms with E-state index in [-0.39, 0.29) is 0 Å². The molecule has 0 bridgehead atoms. The van der Waals surface area contributed by atoms with Gasteiger partial charge in [0.15, 0.2) is 5.82 Å². The van der Waals surface area contributed by atoms with Gasteiger partial charge in [0, 0.05) is 6.42 Å². The first-order valence-electron chi connectivity index (χ1n) is 5.57. The molecule has 0 amide bonds. The molecule has 0 saturated carbocycles. The normalized spacial score (nSPS) is 15.6. The first-order chi connectivity index (χ1) is 6.95. The van der Waals surface area contributed by atoms with Gasteiger partial charge < -0.3 is 10.3 Å². The fourth-order valence-corrected chi connectivity index (χ4v) is 1.74. The maximum absolute atomic E-state index is 6.16. The van der Waals surface area contributed by atoms with E-state index in [1.54, 1.807) is 0 Å². The Balaban J connectivity index is 2.75. The highest BCUT2D eigenvalue weighted by molar-refractivity contribution is 5.01. The van der Waals surface area contributed by atoms with E-state index in [2.05, 4.69) is 30.9 Å². The smallest absolute Gasteiger partial charge is 0.226 e. The van der Waals surface area contributed by atoms with E-state index in [1.807, 2.05) is 6.92 Å². The molecule has 0 fully saturated rings. The first-order valence-corrected chi connectivity index (χ1v) is 5.57. The third kappa shape index (κ3) is 3.30. The SMILES string of the molecule is CCCc1nc(C(C)(N)CC(C)C)no1. The van der Waals surface area contributed by atoms with Crippen molar-refractivity contribution in [2.75, 3.05) is 0 Å². The largest absolute Gasteiger partial charge is 0.339 e. The molecule has 1 aromatic heterocycles. The van der Waals surface area contributed by atoms with Crippen LogP contribution in [0.5, 0.6) is 0 Å². The van der Waals surface area contributed by atoms with E-state index in [0.29, 0.717) is 17.6 Å². The predicted molar refractivity (Wildman–Crippen MR) is 59.3 cm³/mol. The van der Waals surface area contributed by atoms with Crippen molar-refractivity contribution in [3.8, 4) is 0 Å². The highest BCUT2D eigenvalue weighted by atomic mass is 16.5. The van der Waals surface area contributed by atoms with Crippen LogP contribution in [0.25, 0.3) is 0 Å². The lowest BCUT2D eigenvalue weighted by Crippen LogP contribution is -2.35. The van der Waals surface area contributed by atoms with Crippen molar-refractivity contribution in [2.45, 2.75) is 52.5 Å². The average molecular weight is 211 g/mol. The molecule has 0 aliphatic carbocycles. The molecule has 0 saturated heterocycles. The third-order valence-electron chi connectivity index (χ3n) is 2.28. The standard InChI is InChI=1S/C11H21N3O/c1-5-6-9-13-10(14-15-9)11(4,12)7-8(2)3/h8H,5-7,12H2,1-4H3. The predicted octanol–water partition coefficient (Wildman–Crippen LogP) is 2.24. The molecule has 1 atom stereocenters. The lowest BCUT2D eigenvalue weighted by Gasteiger charge is -2.22. The fourth-order valence-electron chi connectivity index (χ4n) is 1.74. The van der Waals surface area contributed by atoms with Gasteiger partial charge in [-0.15, -0.1) is 0 Å². The summed E-state index contributed by atoms with van der Waals surface area (Å²) in [5.41, 5.74) is 5.68. The molecule has 0 aliphatic rings. The maximum atomic E-state index is 6.16. The summed E-state index contributed by atoms with van der Waals surface area (Å²) >= 11 is 0.